The van der Waals surface area contributed by atoms with Crippen molar-refractivity contribution in [2.24, 2.45) is 0 Å². The molecule has 6 nitrogen and oxygen atoms in total. The second kappa shape index (κ2) is 16.9. The van der Waals surface area contributed by atoms with Gasteiger partial charge in [0.25, 0.3) is 0 Å². The normalized spacial score (nSPS) is 16.4. The third-order valence-electron chi connectivity index (χ3n) is 7.99. The van der Waals surface area contributed by atoms with Crippen molar-refractivity contribution >= 4 is 29.5 Å². The van der Waals surface area contributed by atoms with Crippen molar-refractivity contribution in [3.63, 3.8) is 0 Å². The molecule has 4 rings (SSSR count). The average Bonchev–Trinajstić information content (AvgIpc) is 3.34. The highest BCUT2D eigenvalue weighted by molar-refractivity contribution is 8.02. The van der Waals surface area contributed by atoms with Crippen LogP contribution in [0.2, 0.25) is 0 Å². The first-order chi connectivity index (χ1) is 21.0. The summed E-state index contributed by atoms with van der Waals surface area (Å²) in [5.74, 6) is -1.10. The fourth-order valence-electron chi connectivity index (χ4n) is 5.56. The van der Waals surface area contributed by atoms with Crippen LogP contribution in [0.4, 0.5) is 0 Å². The van der Waals surface area contributed by atoms with Crippen LogP contribution in [0.5, 0.6) is 0 Å². The van der Waals surface area contributed by atoms with Crippen molar-refractivity contribution in [1.29, 1.82) is 0 Å². The predicted octanol–water partition coefficient (Wildman–Crippen LogP) is 7.57. The number of aromatic carboxylic acids is 1. The molecule has 0 aromatic heterocycles. The number of rotatable bonds is 17. The van der Waals surface area contributed by atoms with Gasteiger partial charge >= 0.3 is 5.97 Å². The summed E-state index contributed by atoms with van der Waals surface area (Å²) in [4.78, 5) is 42.9. The number of nitrogens with zero attached hydrogens (tertiary/aromatic N) is 2. The first-order valence-electron chi connectivity index (χ1n) is 15.6. The summed E-state index contributed by atoms with van der Waals surface area (Å²) in [5, 5.41) is 8.42. The molecule has 1 aliphatic heterocycles. The molecule has 3 aromatic rings. The Morgan fingerprint density at radius 2 is 1.37 bits per heavy atom. The minimum absolute atomic E-state index is 0.00762. The van der Waals surface area contributed by atoms with E-state index in [-0.39, 0.29) is 22.8 Å². The molecule has 2 atom stereocenters. The Morgan fingerprint density at radius 3 is 1.95 bits per heavy atom. The Morgan fingerprint density at radius 1 is 0.767 bits per heavy atom. The lowest BCUT2D eigenvalue weighted by Gasteiger charge is -2.25. The van der Waals surface area contributed by atoms with Gasteiger partial charge < -0.3 is 14.9 Å². The van der Waals surface area contributed by atoms with Crippen LogP contribution in [-0.4, -0.2) is 49.9 Å². The fraction of sp³-hybridized carbons (Fsp3) is 0.417. The molecular weight excluding hydrogens is 556 g/mol. The first kappa shape index (κ1) is 32.3. The summed E-state index contributed by atoms with van der Waals surface area (Å²) >= 11 is 1.54. The van der Waals surface area contributed by atoms with Crippen LogP contribution in [0, 0.1) is 0 Å². The molecule has 0 spiro atoms. The van der Waals surface area contributed by atoms with Gasteiger partial charge in [-0.25, -0.2) is 4.79 Å². The Kier molecular flexibility index (Phi) is 12.7. The third kappa shape index (κ3) is 9.72. The van der Waals surface area contributed by atoms with Crippen LogP contribution in [0.1, 0.15) is 85.3 Å². The van der Waals surface area contributed by atoms with Crippen LogP contribution in [0.3, 0.4) is 0 Å². The zero-order chi connectivity index (χ0) is 30.4. The molecule has 0 radical (unpaired) electrons. The van der Waals surface area contributed by atoms with Crippen molar-refractivity contribution in [3.8, 4) is 0 Å². The molecule has 3 aromatic carbocycles. The van der Waals surface area contributed by atoms with E-state index in [1.807, 2.05) is 82.6 Å². The summed E-state index contributed by atoms with van der Waals surface area (Å²) in [7, 11) is 0. The van der Waals surface area contributed by atoms with Crippen LogP contribution in [0.25, 0.3) is 0 Å². The monoisotopic (exact) mass is 600 g/mol. The maximum absolute atomic E-state index is 14.1. The number of carboxylic acid groups (broad SMARTS) is 1. The molecule has 0 aliphatic carbocycles. The van der Waals surface area contributed by atoms with Crippen molar-refractivity contribution in [2.45, 2.75) is 88.4 Å². The SMILES string of the molecule is CCCCCCC[C@H]1S[C@H](C(=O)N(Cc2ccccc2)Cc2ccccc2)C(=O)N1CCCCc1ccc(C(=O)O)cc1. The van der Waals surface area contributed by atoms with E-state index in [1.54, 1.807) is 12.1 Å². The van der Waals surface area contributed by atoms with E-state index >= 15 is 0 Å². The van der Waals surface area contributed by atoms with E-state index in [0.29, 0.717) is 19.6 Å². The Hall–Kier alpha value is -3.58. The maximum Gasteiger partial charge on any atom is 0.335 e. The standard InChI is InChI=1S/C36H44N2O4S/c1-2-3-4-5-12-20-32-38(25-14-13-15-28-21-23-31(24-22-28)36(41)42)35(40)33(43-32)34(39)37(26-29-16-8-6-9-17-29)27-30-18-10-7-11-19-30/h6-11,16-19,21-24,32-33H,2-5,12-15,20,25-27H2,1H3,(H,41,42)/t32-,33-/m1/s1. The average molecular weight is 601 g/mol. The third-order valence-corrected chi connectivity index (χ3v) is 9.47. The van der Waals surface area contributed by atoms with Gasteiger partial charge in [0.15, 0.2) is 5.25 Å². The first-order valence-corrected chi connectivity index (χ1v) is 16.6. The number of unbranched alkanes of at least 4 members (excludes halogenated alkanes) is 5. The van der Waals surface area contributed by atoms with Crippen molar-refractivity contribution < 1.29 is 19.5 Å². The van der Waals surface area contributed by atoms with Gasteiger partial charge in [-0.1, -0.05) is 112 Å². The second-order valence-corrected chi connectivity index (χ2v) is 12.6. The largest absolute Gasteiger partial charge is 0.478 e. The maximum atomic E-state index is 14.1. The van der Waals surface area contributed by atoms with E-state index in [0.717, 1.165) is 55.2 Å². The Balaban J connectivity index is 1.43. The fourth-order valence-corrected chi connectivity index (χ4v) is 7.05. The summed E-state index contributed by atoms with van der Waals surface area (Å²) < 4.78 is 0. The number of aryl methyl sites for hydroxylation is 1. The van der Waals surface area contributed by atoms with Crippen molar-refractivity contribution in [3.05, 3.63) is 107 Å². The lowest BCUT2D eigenvalue weighted by molar-refractivity contribution is -0.139. The van der Waals surface area contributed by atoms with Gasteiger partial charge in [-0.3, -0.25) is 9.59 Å². The minimum Gasteiger partial charge on any atom is -0.478 e. The van der Waals surface area contributed by atoms with Gasteiger partial charge in [0.2, 0.25) is 11.8 Å². The van der Waals surface area contributed by atoms with E-state index < -0.39 is 11.2 Å². The van der Waals surface area contributed by atoms with E-state index in [4.69, 9.17) is 5.11 Å². The van der Waals surface area contributed by atoms with E-state index in [2.05, 4.69) is 6.92 Å². The number of carboxylic acids is 1. The number of carbonyl (C=O) groups excluding carboxylic acids is 2. The second-order valence-electron chi connectivity index (χ2n) is 11.3. The molecule has 0 unspecified atom stereocenters. The topological polar surface area (TPSA) is 77.9 Å². The lowest BCUT2D eigenvalue weighted by Crippen LogP contribution is -2.43. The molecule has 1 heterocycles. The molecule has 7 heteroatoms. The number of hydrogen-bond donors (Lipinski definition) is 1. The number of benzene rings is 3. The molecule has 0 saturated carbocycles. The van der Waals surface area contributed by atoms with Gasteiger partial charge in [-0.05, 0) is 54.5 Å². The van der Waals surface area contributed by atoms with Crippen LogP contribution in [0.15, 0.2) is 84.9 Å². The van der Waals surface area contributed by atoms with Crippen molar-refractivity contribution in [2.75, 3.05) is 6.54 Å². The smallest absolute Gasteiger partial charge is 0.335 e. The number of carbonyl (C=O) groups is 3. The van der Waals surface area contributed by atoms with Gasteiger partial charge in [-0.15, -0.1) is 11.8 Å². The highest BCUT2D eigenvalue weighted by Crippen LogP contribution is 2.37. The highest BCUT2D eigenvalue weighted by atomic mass is 32.2. The molecule has 228 valence electrons. The van der Waals surface area contributed by atoms with Gasteiger partial charge in [0.1, 0.15) is 0 Å². The molecule has 1 N–H and O–H groups in total. The van der Waals surface area contributed by atoms with E-state index in [9.17, 15) is 14.4 Å². The summed E-state index contributed by atoms with van der Waals surface area (Å²) in [5.41, 5.74) is 3.46. The molecular formula is C36H44N2O4S. The molecule has 43 heavy (non-hydrogen) atoms. The number of thioether (sulfide) groups is 1. The molecule has 0 bridgehead atoms. The molecule has 1 aliphatic rings. The summed E-state index contributed by atoms with van der Waals surface area (Å²) in [6, 6.07) is 27.0. The van der Waals surface area contributed by atoms with Crippen LogP contribution in [-0.2, 0) is 29.1 Å². The molecule has 2 amide bonds. The van der Waals surface area contributed by atoms with Crippen LogP contribution >= 0.6 is 11.8 Å². The Labute approximate surface area is 260 Å². The van der Waals surface area contributed by atoms with Crippen LogP contribution < -0.4 is 0 Å². The van der Waals surface area contributed by atoms with Crippen molar-refractivity contribution in [1.82, 2.24) is 9.80 Å². The summed E-state index contributed by atoms with van der Waals surface area (Å²) in [6.45, 7) is 3.75. The number of hydrogen-bond acceptors (Lipinski definition) is 4. The summed E-state index contributed by atoms with van der Waals surface area (Å²) in [6.07, 6.45) is 9.25. The van der Waals surface area contributed by atoms with E-state index in [1.165, 1.54) is 31.0 Å². The number of amides is 2. The Bertz CT molecular complexity index is 1260. The lowest BCUT2D eigenvalue weighted by atomic mass is 10.1. The molecule has 1 saturated heterocycles. The highest BCUT2D eigenvalue weighted by Gasteiger charge is 2.45. The zero-order valence-electron chi connectivity index (χ0n) is 25.2. The predicted molar refractivity (Wildman–Crippen MR) is 174 cm³/mol. The zero-order valence-corrected chi connectivity index (χ0v) is 26.0. The minimum atomic E-state index is -0.924. The van der Waals surface area contributed by atoms with Gasteiger partial charge in [0.05, 0.1) is 10.9 Å². The van der Waals surface area contributed by atoms with Gasteiger partial charge in [-0.2, -0.15) is 0 Å². The molecule has 1 fully saturated rings. The quantitative estimate of drug-likeness (QED) is 0.128. The van der Waals surface area contributed by atoms with Gasteiger partial charge in [0, 0.05) is 19.6 Å².